The largest absolute Gasteiger partial charge is 0.481 e. The summed E-state index contributed by atoms with van der Waals surface area (Å²) in [7, 11) is 0. The number of rotatable bonds is 7. The predicted octanol–water partition coefficient (Wildman–Crippen LogP) is 2.15. The second-order valence-electron chi connectivity index (χ2n) is 10.1. The van der Waals surface area contributed by atoms with Crippen molar-refractivity contribution in [2.45, 2.75) is 71.2 Å². The average Bonchev–Trinajstić information content (AvgIpc) is 2.96. The lowest BCUT2D eigenvalue weighted by Gasteiger charge is -2.42. The van der Waals surface area contributed by atoms with Crippen LogP contribution >= 0.6 is 0 Å². The second-order valence-corrected chi connectivity index (χ2v) is 10.1. The number of aliphatic carboxylic acids is 1. The molecule has 0 radical (unpaired) electrons. The van der Waals surface area contributed by atoms with Crippen LogP contribution in [0.2, 0.25) is 0 Å². The van der Waals surface area contributed by atoms with Crippen LogP contribution < -0.4 is 0 Å². The molecule has 3 aliphatic heterocycles. The number of nitrogens with zero attached hydrogens (tertiary/aromatic N) is 4. The van der Waals surface area contributed by atoms with Gasteiger partial charge >= 0.3 is 12.1 Å². The molecule has 3 saturated heterocycles. The number of carbonyl (C=O) groups is 2. The van der Waals surface area contributed by atoms with Gasteiger partial charge in [0.05, 0.1) is 6.04 Å². The Kier molecular flexibility index (Phi) is 7.63. The summed E-state index contributed by atoms with van der Waals surface area (Å²) in [4.78, 5) is 32.4. The van der Waals surface area contributed by atoms with Crippen LogP contribution in [0.4, 0.5) is 4.79 Å². The number of piperidine rings is 1. The Morgan fingerprint density at radius 3 is 2.30 bits per heavy atom. The molecule has 0 spiro atoms. The molecular weight excluding hydrogens is 384 g/mol. The SMILES string of the molecule is CC1C(N2CCN(CCCC(=O)O)CC2)OC(=O)N1CC1CCN(C(C)(C)C)CC1. The van der Waals surface area contributed by atoms with E-state index in [0.29, 0.717) is 12.3 Å². The van der Waals surface area contributed by atoms with Gasteiger partial charge in [-0.1, -0.05) is 0 Å². The third-order valence-electron chi connectivity index (χ3n) is 7.01. The number of piperazine rings is 1. The molecule has 3 fully saturated rings. The van der Waals surface area contributed by atoms with E-state index in [1.165, 1.54) is 0 Å². The first kappa shape index (κ1) is 23.3. The van der Waals surface area contributed by atoms with Crippen LogP contribution in [0.15, 0.2) is 0 Å². The first-order valence-corrected chi connectivity index (χ1v) is 11.6. The molecule has 0 aliphatic carbocycles. The van der Waals surface area contributed by atoms with Crippen molar-refractivity contribution >= 4 is 12.1 Å². The van der Waals surface area contributed by atoms with Crippen molar-refractivity contribution in [1.82, 2.24) is 19.6 Å². The molecule has 172 valence electrons. The molecule has 0 saturated carbocycles. The Balaban J connectivity index is 1.44. The highest BCUT2D eigenvalue weighted by molar-refractivity contribution is 5.70. The molecule has 1 amide bonds. The Morgan fingerprint density at radius 1 is 1.10 bits per heavy atom. The fourth-order valence-corrected chi connectivity index (χ4v) is 4.97. The van der Waals surface area contributed by atoms with E-state index in [4.69, 9.17) is 9.84 Å². The van der Waals surface area contributed by atoms with Crippen LogP contribution in [-0.2, 0) is 9.53 Å². The van der Waals surface area contributed by atoms with Gasteiger partial charge in [-0.15, -0.1) is 0 Å². The molecule has 3 heterocycles. The van der Waals surface area contributed by atoms with E-state index in [9.17, 15) is 9.59 Å². The van der Waals surface area contributed by atoms with E-state index in [-0.39, 0.29) is 30.3 Å². The summed E-state index contributed by atoms with van der Waals surface area (Å²) < 4.78 is 5.80. The molecule has 2 atom stereocenters. The first-order valence-electron chi connectivity index (χ1n) is 11.6. The molecule has 8 heteroatoms. The highest BCUT2D eigenvalue weighted by Gasteiger charge is 2.43. The molecule has 30 heavy (non-hydrogen) atoms. The maximum absolute atomic E-state index is 12.6. The van der Waals surface area contributed by atoms with Crippen LogP contribution in [0.1, 0.15) is 53.4 Å². The number of carboxylic acid groups (broad SMARTS) is 1. The molecule has 3 rings (SSSR count). The molecule has 2 unspecified atom stereocenters. The van der Waals surface area contributed by atoms with Crippen molar-refractivity contribution in [3.8, 4) is 0 Å². The summed E-state index contributed by atoms with van der Waals surface area (Å²) in [6, 6.07) is 0.0664. The van der Waals surface area contributed by atoms with Gasteiger partial charge in [-0.05, 0) is 72.5 Å². The number of ether oxygens (including phenoxy) is 1. The van der Waals surface area contributed by atoms with Crippen LogP contribution in [0.25, 0.3) is 0 Å². The highest BCUT2D eigenvalue weighted by Crippen LogP contribution is 2.29. The van der Waals surface area contributed by atoms with E-state index in [0.717, 1.165) is 65.2 Å². The normalized spacial score (nSPS) is 28.1. The van der Waals surface area contributed by atoms with Gasteiger partial charge in [-0.25, -0.2) is 4.79 Å². The zero-order valence-corrected chi connectivity index (χ0v) is 19.2. The Hall–Kier alpha value is -1.38. The Morgan fingerprint density at radius 2 is 1.73 bits per heavy atom. The number of amides is 1. The molecule has 0 aromatic rings. The number of hydrogen-bond donors (Lipinski definition) is 1. The number of likely N-dealkylation sites (tertiary alicyclic amines) is 1. The summed E-state index contributed by atoms with van der Waals surface area (Å²) in [5.74, 6) is -0.187. The lowest BCUT2D eigenvalue weighted by Crippen LogP contribution is -2.54. The lowest BCUT2D eigenvalue weighted by atomic mass is 9.92. The van der Waals surface area contributed by atoms with E-state index >= 15 is 0 Å². The zero-order valence-electron chi connectivity index (χ0n) is 19.2. The minimum absolute atomic E-state index is 0.0664. The fourth-order valence-electron chi connectivity index (χ4n) is 4.97. The molecule has 3 aliphatic rings. The van der Waals surface area contributed by atoms with Gasteiger partial charge in [0.2, 0.25) is 0 Å². The monoisotopic (exact) mass is 424 g/mol. The molecule has 0 aromatic heterocycles. The van der Waals surface area contributed by atoms with Crippen LogP contribution in [0.5, 0.6) is 0 Å². The Bertz CT molecular complexity index is 592. The summed E-state index contributed by atoms with van der Waals surface area (Å²) in [6.07, 6.45) is 2.83. The standard InChI is InChI=1S/C22H40N4O4/c1-17-20(24-14-12-23(13-15-24)9-5-6-19(27)28)30-21(29)26(17)16-18-7-10-25(11-8-18)22(2,3)4/h17-18,20H,5-16H2,1-4H3,(H,27,28). The molecule has 0 aromatic carbocycles. The molecule has 1 N–H and O–H groups in total. The van der Waals surface area contributed by atoms with Gasteiger partial charge in [0.15, 0.2) is 6.23 Å². The van der Waals surface area contributed by atoms with Crippen molar-refractivity contribution in [1.29, 1.82) is 0 Å². The summed E-state index contributed by atoms with van der Waals surface area (Å²) in [6.45, 7) is 16.2. The average molecular weight is 425 g/mol. The quantitative estimate of drug-likeness (QED) is 0.671. The predicted molar refractivity (Wildman–Crippen MR) is 115 cm³/mol. The van der Waals surface area contributed by atoms with Gasteiger partial charge in [0, 0.05) is 44.7 Å². The van der Waals surface area contributed by atoms with Crippen LogP contribution in [-0.4, -0.2) is 107 Å². The highest BCUT2D eigenvalue weighted by atomic mass is 16.6. The zero-order chi connectivity index (χ0) is 21.9. The number of hydrogen-bond acceptors (Lipinski definition) is 6. The third kappa shape index (κ3) is 5.86. The molecule has 8 nitrogen and oxygen atoms in total. The lowest BCUT2D eigenvalue weighted by molar-refractivity contribution is -0.137. The van der Waals surface area contributed by atoms with Gasteiger partial charge in [0.1, 0.15) is 0 Å². The van der Waals surface area contributed by atoms with Gasteiger partial charge in [0.25, 0.3) is 0 Å². The number of carboxylic acids is 1. The maximum atomic E-state index is 12.6. The molecule has 0 bridgehead atoms. The van der Waals surface area contributed by atoms with E-state index < -0.39 is 5.97 Å². The maximum Gasteiger partial charge on any atom is 0.411 e. The van der Waals surface area contributed by atoms with E-state index in [1.807, 2.05) is 4.90 Å². The molecular formula is C22H40N4O4. The minimum Gasteiger partial charge on any atom is -0.481 e. The van der Waals surface area contributed by atoms with Crippen LogP contribution in [0.3, 0.4) is 0 Å². The number of carbonyl (C=O) groups excluding carboxylic acids is 1. The van der Waals surface area contributed by atoms with E-state index in [1.54, 1.807) is 0 Å². The second kappa shape index (κ2) is 9.83. The van der Waals surface area contributed by atoms with Gasteiger partial charge in [-0.3, -0.25) is 14.6 Å². The van der Waals surface area contributed by atoms with Crippen molar-refractivity contribution in [2.75, 3.05) is 52.4 Å². The van der Waals surface area contributed by atoms with Crippen LogP contribution in [0, 0.1) is 5.92 Å². The summed E-state index contributed by atoms with van der Waals surface area (Å²) in [5, 5.41) is 8.79. The minimum atomic E-state index is -0.732. The first-order chi connectivity index (χ1) is 14.1. The fraction of sp³-hybridized carbons (Fsp3) is 0.909. The van der Waals surface area contributed by atoms with Crippen molar-refractivity contribution in [2.24, 2.45) is 5.92 Å². The Labute approximate surface area is 181 Å². The van der Waals surface area contributed by atoms with Crippen molar-refractivity contribution in [3.05, 3.63) is 0 Å². The third-order valence-corrected chi connectivity index (χ3v) is 7.01. The smallest absolute Gasteiger partial charge is 0.411 e. The van der Waals surface area contributed by atoms with Gasteiger partial charge < -0.3 is 19.6 Å². The number of cyclic esters (lactones) is 1. The summed E-state index contributed by atoms with van der Waals surface area (Å²) in [5.41, 5.74) is 0.214. The van der Waals surface area contributed by atoms with Crippen molar-refractivity contribution in [3.63, 3.8) is 0 Å². The van der Waals surface area contributed by atoms with Gasteiger partial charge in [-0.2, -0.15) is 0 Å². The summed E-state index contributed by atoms with van der Waals surface area (Å²) >= 11 is 0. The van der Waals surface area contributed by atoms with Crippen molar-refractivity contribution < 1.29 is 19.4 Å². The van der Waals surface area contributed by atoms with E-state index in [2.05, 4.69) is 42.4 Å². The topological polar surface area (TPSA) is 76.6 Å².